The molecule has 0 aliphatic carbocycles. The zero-order valence-electron chi connectivity index (χ0n) is 10.3. The van der Waals surface area contributed by atoms with Gasteiger partial charge in [0.15, 0.2) is 5.89 Å². The first-order valence-corrected chi connectivity index (χ1v) is 6.40. The van der Waals surface area contributed by atoms with Crippen molar-refractivity contribution in [3.8, 4) is 0 Å². The third-order valence-electron chi connectivity index (χ3n) is 3.05. The van der Waals surface area contributed by atoms with E-state index in [1.165, 1.54) is 19.3 Å². The summed E-state index contributed by atoms with van der Waals surface area (Å²) in [5.41, 5.74) is 1.10. The average Bonchev–Trinajstić information content (AvgIpc) is 2.66. The smallest absolute Gasteiger partial charge is 0.195 e. The van der Waals surface area contributed by atoms with Crippen molar-refractivity contribution in [3.05, 3.63) is 17.8 Å². The Morgan fingerprint density at radius 1 is 1.50 bits per heavy atom. The maximum Gasteiger partial charge on any atom is 0.195 e. The van der Waals surface area contributed by atoms with E-state index in [9.17, 15) is 0 Å². The lowest BCUT2D eigenvalue weighted by molar-refractivity contribution is 0.367. The van der Waals surface area contributed by atoms with E-state index in [1.54, 1.807) is 0 Å². The van der Waals surface area contributed by atoms with E-state index >= 15 is 0 Å². The second-order valence-corrected chi connectivity index (χ2v) is 5.18. The highest BCUT2D eigenvalue weighted by Crippen LogP contribution is 2.14. The second kappa shape index (κ2) is 5.48. The molecule has 2 rings (SSSR count). The largest absolute Gasteiger partial charge is 0.449 e. The molecule has 3 heteroatoms. The maximum atomic E-state index is 5.52. The van der Waals surface area contributed by atoms with E-state index in [-0.39, 0.29) is 0 Å². The lowest BCUT2D eigenvalue weighted by Crippen LogP contribution is -2.35. The second-order valence-electron chi connectivity index (χ2n) is 5.18. The number of rotatable bonds is 4. The van der Waals surface area contributed by atoms with Gasteiger partial charge < -0.3 is 9.73 Å². The number of oxazole rings is 1. The molecule has 0 amide bonds. The van der Waals surface area contributed by atoms with Gasteiger partial charge >= 0.3 is 0 Å². The van der Waals surface area contributed by atoms with Gasteiger partial charge in [-0.15, -0.1) is 0 Å². The Kier molecular flexibility index (Phi) is 3.99. The molecule has 1 aliphatic rings. The first-order chi connectivity index (χ1) is 7.74. The van der Waals surface area contributed by atoms with E-state index in [1.807, 2.05) is 6.26 Å². The highest BCUT2D eigenvalue weighted by atomic mass is 16.3. The Bertz CT molecular complexity index is 313. The molecule has 1 fully saturated rings. The Balaban J connectivity index is 1.86. The van der Waals surface area contributed by atoms with E-state index < -0.39 is 0 Å². The first-order valence-electron chi connectivity index (χ1n) is 6.40. The van der Waals surface area contributed by atoms with E-state index in [4.69, 9.17) is 4.42 Å². The summed E-state index contributed by atoms with van der Waals surface area (Å²) in [6.07, 6.45) is 7.66. The summed E-state index contributed by atoms with van der Waals surface area (Å²) in [5, 5.41) is 3.52. The van der Waals surface area contributed by atoms with Gasteiger partial charge in [-0.25, -0.2) is 4.98 Å². The zero-order valence-corrected chi connectivity index (χ0v) is 10.3. The number of hydrogen-bond acceptors (Lipinski definition) is 3. The average molecular weight is 222 g/mol. The molecule has 0 aromatic carbocycles. The summed E-state index contributed by atoms with van der Waals surface area (Å²) in [7, 11) is 0. The highest BCUT2D eigenvalue weighted by molar-refractivity contribution is 4.99. The van der Waals surface area contributed by atoms with E-state index in [2.05, 4.69) is 24.1 Å². The summed E-state index contributed by atoms with van der Waals surface area (Å²) < 4.78 is 5.52. The predicted molar refractivity (Wildman–Crippen MR) is 64.4 cm³/mol. The van der Waals surface area contributed by atoms with Crippen LogP contribution in [0.4, 0.5) is 0 Å². The Labute approximate surface area is 97.6 Å². The molecule has 1 aliphatic heterocycles. The van der Waals surface area contributed by atoms with Crippen molar-refractivity contribution < 1.29 is 4.42 Å². The molecule has 1 aromatic heterocycles. The Morgan fingerprint density at radius 2 is 2.38 bits per heavy atom. The maximum absolute atomic E-state index is 5.52. The molecular formula is C13H22N2O. The minimum absolute atomic E-state index is 0.569. The molecule has 16 heavy (non-hydrogen) atoms. The van der Waals surface area contributed by atoms with Gasteiger partial charge in [0.05, 0.1) is 5.69 Å². The summed E-state index contributed by atoms with van der Waals surface area (Å²) in [5.74, 6) is 1.54. The topological polar surface area (TPSA) is 38.1 Å². The fourth-order valence-electron chi connectivity index (χ4n) is 2.26. The number of aromatic nitrogens is 1. The molecule has 1 N–H and O–H groups in total. The van der Waals surface area contributed by atoms with E-state index in [0.717, 1.165) is 31.0 Å². The molecule has 90 valence electrons. The molecule has 2 heterocycles. The summed E-state index contributed by atoms with van der Waals surface area (Å²) >= 11 is 0. The number of nitrogens with zero attached hydrogens (tertiary/aromatic N) is 1. The van der Waals surface area contributed by atoms with Gasteiger partial charge in [-0.1, -0.05) is 20.3 Å². The van der Waals surface area contributed by atoms with Crippen LogP contribution in [-0.2, 0) is 12.8 Å². The SMILES string of the molecule is CC(C)Cc1coc(CC2CCCCN2)n1. The number of hydrogen-bond donors (Lipinski definition) is 1. The van der Waals surface area contributed by atoms with Gasteiger partial charge in [0.1, 0.15) is 6.26 Å². The van der Waals surface area contributed by atoms with Gasteiger partial charge in [0.2, 0.25) is 0 Å². The van der Waals surface area contributed by atoms with Gasteiger partial charge in [0.25, 0.3) is 0 Å². The minimum Gasteiger partial charge on any atom is -0.449 e. The van der Waals surface area contributed by atoms with Crippen molar-refractivity contribution in [2.75, 3.05) is 6.54 Å². The van der Waals surface area contributed by atoms with Crippen molar-refractivity contribution in [1.82, 2.24) is 10.3 Å². The molecule has 0 spiro atoms. The molecule has 3 nitrogen and oxygen atoms in total. The fourth-order valence-corrected chi connectivity index (χ4v) is 2.26. The molecule has 1 atom stereocenters. The molecule has 0 saturated carbocycles. The monoisotopic (exact) mass is 222 g/mol. The van der Waals surface area contributed by atoms with Crippen LogP contribution in [0.3, 0.4) is 0 Å². The molecule has 0 radical (unpaired) electrons. The number of nitrogens with one attached hydrogen (secondary N) is 1. The van der Waals surface area contributed by atoms with Crippen molar-refractivity contribution in [3.63, 3.8) is 0 Å². The Hall–Kier alpha value is -0.830. The first kappa shape index (κ1) is 11.6. The highest BCUT2D eigenvalue weighted by Gasteiger charge is 2.16. The predicted octanol–water partition coefficient (Wildman–Crippen LogP) is 2.56. The third-order valence-corrected chi connectivity index (χ3v) is 3.05. The molecule has 1 aromatic rings. The van der Waals surface area contributed by atoms with Crippen LogP contribution in [0.1, 0.15) is 44.7 Å². The Morgan fingerprint density at radius 3 is 3.06 bits per heavy atom. The van der Waals surface area contributed by atoms with Crippen LogP contribution in [0.2, 0.25) is 0 Å². The minimum atomic E-state index is 0.569. The van der Waals surface area contributed by atoms with E-state index in [0.29, 0.717) is 12.0 Å². The van der Waals surface area contributed by atoms with Gasteiger partial charge in [-0.2, -0.15) is 0 Å². The van der Waals surface area contributed by atoms with Crippen LogP contribution >= 0.6 is 0 Å². The number of piperidine rings is 1. The third kappa shape index (κ3) is 3.34. The lowest BCUT2D eigenvalue weighted by Gasteiger charge is -2.21. The summed E-state index contributed by atoms with van der Waals surface area (Å²) in [6, 6.07) is 0.569. The summed E-state index contributed by atoms with van der Waals surface area (Å²) in [4.78, 5) is 4.54. The van der Waals surface area contributed by atoms with Crippen LogP contribution < -0.4 is 5.32 Å². The van der Waals surface area contributed by atoms with Gasteiger partial charge in [-0.3, -0.25) is 0 Å². The molecule has 1 unspecified atom stereocenters. The van der Waals surface area contributed by atoms with Gasteiger partial charge in [-0.05, 0) is 31.7 Å². The fraction of sp³-hybridized carbons (Fsp3) is 0.769. The van der Waals surface area contributed by atoms with Crippen LogP contribution in [0.25, 0.3) is 0 Å². The zero-order chi connectivity index (χ0) is 11.4. The molecule has 1 saturated heterocycles. The van der Waals surface area contributed by atoms with Crippen molar-refractivity contribution in [2.45, 2.75) is 52.0 Å². The van der Waals surface area contributed by atoms with Crippen molar-refractivity contribution in [2.24, 2.45) is 5.92 Å². The van der Waals surface area contributed by atoms with Crippen LogP contribution in [-0.4, -0.2) is 17.6 Å². The normalized spacial score (nSPS) is 21.6. The van der Waals surface area contributed by atoms with Crippen LogP contribution in [0.15, 0.2) is 10.7 Å². The molecule has 0 bridgehead atoms. The standard InChI is InChI=1S/C13H22N2O/c1-10(2)7-12-9-16-13(15-12)8-11-5-3-4-6-14-11/h9-11,14H,3-8H2,1-2H3. The van der Waals surface area contributed by atoms with Crippen LogP contribution in [0.5, 0.6) is 0 Å². The quantitative estimate of drug-likeness (QED) is 0.850. The lowest BCUT2D eigenvalue weighted by atomic mass is 10.0. The van der Waals surface area contributed by atoms with Crippen molar-refractivity contribution >= 4 is 0 Å². The van der Waals surface area contributed by atoms with Crippen molar-refractivity contribution in [1.29, 1.82) is 0 Å². The molecular weight excluding hydrogens is 200 g/mol. The summed E-state index contributed by atoms with van der Waals surface area (Å²) in [6.45, 7) is 5.55. The van der Waals surface area contributed by atoms with Crippen LogP contribution in [0, 0.1) is 5.92 Å². The van der Waals surface area contributed by atoms with Gasteiger partial charge in [0, 0.05) is 12.5 Å².